The quantitative estimate of drug-likeness (QED) is 0.721. The fourth-order valence-corrected chi connectivity index (χ4v) is 3.34. The van der Waals surface area contributed by atoms with Crippen molar-refractivity contribution in [2.24, 2.45) is 0 Å². The zero-order valence-corrected chi connectivity index (χ0v) is 14.6. The first-order chi connectivity index (χ1) is 12.2. The molecule has 25 heavy (non-hydrogen) atoms. The summed E-state index contributed by atoms with van der Waals surface area (Å²) < 4.78 is 5.25. The van der Waals surface area contributed by atoms with E-state index in [4.69, 9.17) is 4.74 Å². The van der Waals surface area contributed by atoms with Gasteiger partial charge in [0.25, 0.3) is 0 Å². The van der Waals surface area contributed by atoms with Crippen LogP contribution < -0.4 is 4.74 Å². The second-order valence-electron chi connectivity index (χ2n) is 6.10. The molecule has 0 aliphatic rings. The number of methoxy groups -OCH3 is 1. The zero-order valence-electron chi connectivity index (χ0n) is 14.6. The van der Waals surface area contributed by atoms with Gasteiger partial charge < -0.3 is 9.84 Å². The van der Waals surface area contributed by atoms with E-state index >= 15 is 0 Å². The Morgan fingerprint density at radius 3 is 2.20 bits per heavy atom. The highest BCUT2D eigenvalue weighted by molar-refractivity contribution is 5.39. The molecule has 0 fully saturated rings. The number of nitrogens with zero attached hydrogens (tertiary/aromatic N) is 1. The highest BCUT2D eigenvalue weighted by Crippen LogP contribution is 2.43. The van der Waals surface area contributed by atoms with E-state index in [-0.39, 0.29) is 5.92 Å². The van der Waals surface area contributed by atoms with Crippen molar-refractivity contribution >= 4 is 0 Å². The second kappa shape index (κ2) is 7.49. The third-order valence-corrected chi connectivity index (χ3v) is 4.72. The Hall–Kier alpha value is -2.65. The Morgan fingerprint density at radius 1 is 0.960 bits per heavy atom. The number of ether oxygens (including phenoxy) is 1. The molecular weight excluding hydrogens is 310 g/mol. The summed E-state index contributed by atoms with van der Waals surface area (Å²) in [7, 11) is 1.64. The Kier molecular flexibility index (Phi) is 5.15. The number of hydrogen-bond donors (Lipinski definition) is 1. The maximum Gasteiger partial charge on any atom is 0.118 e. The van der Waals surface area contributed by atoms with Crippen molar-refractivity contribution in [3.05, 3.63) is 95.8 Å². The van der Waals surface area contributed by atoms with Gasteiger partial charge in [0, 0.05) is 6.20 Å². The van der Waals surface area contributed by atoms with Crippen molar-refractivity contribution in [1.82, 2.24) is 4.98 Å². The Balaban J connectivity index is 2.14. The van der Waals surface area contributed by atoms with Crippen LogP contribution in [0.3, 0.4) is 0 Å². The summed E-state index contributed by atoms with van der Waals surface area (Å²) in [5.41, 5.74) is 1.69. The predicted octanol–water partition coefficient (Wildman–Crippen LogP) is 4.52. The van der Waals surface area contributed by atoms with Crippen LogP contribution in [-0.2, 0) is 5.60 Å². The molecule has 3 heteroatoms. The molecule has 0 spiro atoms. The van der Waals surface area contributed by atoms with Gasteiger partial charge in [-0.25, -0.2) is 0 Å². The predicted molar refractivity (Wildman–Crippen MR) is 99.7 cm³/mol. The molecule has 0 amide bonds. The van der Waals surface area contributed by atoms with E-state index in [1.54, 1.807) is 13.3 Å². The van der Waals surface area contributed by atoms with Crippen LogP contribution in [0.1, 0.15) is 36.1 Å². The zero-order chi connectivity index (χ0) is 17.7. The standard InChI is InChI=1S/C22H23NO2/c1-3-22(24,18-12-14-19(25-2)15-13-18)21(17-9-5-4-6-10-17)20-11-7-8-16-23-20/h4-16,21,24H,3H2,1-2H3/t21-,22+/m0/s1. The van der Waals surface area contributed by atoms with Gasteiger partial charge in [0.1, 0.15) is 11.4 Å². The minimum Gasteiger partial charge on any atom is -0.497 e. The van der Waals surface area contributed by atoms with Crippen molar-refractivity contribution in [1.29, 1.82) is 0 Å². The number of pyridine rings is 1. The van der Waals surface area contributed by atoms with Gasteiger partial charge in [0.15, 0.2) is 0 Å². The van der Waals surface area contributed by atoms with Crippen molar-refractivity contribution in [3.8, 4) is 5.75 Å². The summed E-state index contributed by atoms with van der Waals surface area (Å²) in [6.07, 6.45) is 2.34. The fourth-order valence-electron chi connectivity index (χ4n) is 3.34. The lowest BCUT2D eigenvalue weighted by molar-refractivity contribution is 0.0139. The second-order valence-corrected chi connectivity index (χ2v) is 6.10. The summed E-state index contributed by atoms with van der Waals surface area (Å²) >= 11 is 0. The molecule has 2 atom stereocenters. The molecule has 0 unspecified atom stereocenters. The van der Waals surface area contributed by atoms with Gasteiger partial charge in [-0.15, -0.1) is 0 Å². The number of aromatic nitrogens is 1. The van der Waals surface area contributed by atoms with Gasteiger partial charge in [-0.05, 0) is 41.8 Å². The minimum absolute atomic E-state index is 0.256. The molecule has 0 saturated heterocycles. The third kappa shape index (κ3) is 3.42. The molecule has 1 aromatic heterocycles. The molecule has 0 radical (unpaired) electrons. The highest BCUT2D eigenvalue weighted by atomic mass is 16.5. The molecule has 0 saturated carbocycles. The molecule has 0 aliphatic heterocycles. The van der Waals surface area contributed by atoms with Crippen molar-refractivity contribution < 1.29 is 9.84 Å². The average Bonchev–Trinajstić information content (AvgIpc) is 2.69. The third-order valence-electron chi connectivity index (χ3n) is 4.72. The van der Waals surface area contributed by atoms with Gasteiger partial charge >= 0.3 is 0 Å². The Morgan fingerprint density at radius 2 is 1.64 bits per heavy atom. The van der Waals surface area contributed by atoms with Crippen molar-refractivity contribution in [2.45, 2.75) is 24.9 Å². The lowest BCUT2D eigenvalue weighted by Gasteiger charge is -2.36. The molecular formula is C22H23NO2. The molecule has 1 heterocycles. The molecule has 3 rings (SSSR count). The Bertz CT molecular complexity index is 748. The number of aliphatic hydroxyl groups is 1. The first-order valence-corrected chi connectivity index (χ1v) is 8.52. The fraction of sp³-hybridized carbons (Fsp3) is 0.227. The summed E-state index contributed by atoms with van der Waals surface area (Å²) in [6.45, 7) is 2.00. The Labute approximate surface area is 148 Å². The highest BCUT2D eigenvalue weighted by Gasteiger charge is 2.39. The van der Waals surface area contributed by atoms with Gasteiger partial charge in [0.05, 0.1) is 18.7 Å². The van der Waals surface area contributed by atoms with Crippen molar-refractivity contribution in [3.63, 3.8) is 0 Å². The van der Waals surface area contributed by atoms with E-state index in [0.29, 0.717) is 6.42 Å². The lowest BCUT2D eigenvalue weighted by Crippen LogP contribution is -2.34. The molecule has 2 aromatic carbocycles. The molecule has 0 bridgehead atoms. The molecule has 3 aromatic rings. The van der Waals surface area contributed by atoms with E-state index in [9.17, 15) is 5.11 Å². The molecule has 1 N–H and O–H groups in total. The summed E-state index contributed by atoms with van der Waals surface area (Å²) in [5.74, 6) is 0.518. The topological polar surface area (TPSA) is 42.4 Å². The summed E-state index contributed by atoms with van der Waals surface area (Å²) in [6, 6.07) is 23.5. The average molecular weight is 333 g/mol. The van der Waals surface area contributed by atoms with Gasteiger partial charge in [-0.3, -0.25) is 4.98 Å². The number of rotatable bonds is 6. The normalized spacial score (nSPS) is 14.5. The first-order valence-electron chi connectivity index (χ1n) is 8.52. The van der Waals surface area contributed by atoms with Crippen LogP contribution in [-0.4, -0.2) is 17.2 Å². The minimum atomic E-state index is -1.07. The van der Waals surface area contributed by atoms with Crippen LogP contribution in [0.25, 0.3) is 0 Å². The van der Waals surface area contributed by atoms with Gasteiger partial charge in [-0.1, -0.05) is 55.5 Å². The largest absolute Gasteiger partial charge is 0.497 e. The van der Waals surface area contributed by atoms with Crippen LogP contribution in [0.4, 0.5) is 0 Å². The van der Waals surface area contributed by atoms with E-state index in [1.807, 2.05) is 79.7 Å². The van der Waals surface area contributed by atoms with E-state index in [0.717, 1.165) is 22.6 Å². The van der Waals surface area contributed by atoms with Crippen molar-refractivity contribution in [2.75, 3.05) is 7.11 Å². The van der Waals surface area contributed by atoms with Crippen LogP contribution in [0, 0.1) is 0 Å². The van der Waals surface area contributed by atoms with Crippen LogP contribution in [0.5, 0.6) is 5.75 Å². The molecule has 0 aliphatic carbocycles. The van der Waals surface area contributed by atoms with Crippen LogP contribution >= 0.6 is 0 Å². The van der Waals surface area contributed by atoms with E-state index in [1.165, 1.54) is 0 Å². The van der Waals surface area contributed by atoms with E-state index < -0.39 is 5.60 Å². The SMILES string of the molecule is CC[C@@](O)(c1ccc(OC)cc1)[C@@H](c1ccccc1)c1ccccn1. The molecule has 128 valence electrons. The molecule has 3 nitrogen and oxygen atoms in total. The monoisotopic (exact) mass is 333 g/mol. The maximum atomic E-state index is 11.7. The summed E-state index contributed by atoms with van der Waals surface area (Å²) in [4.78, 5) is 4.54. The van der Waals surface area contributed by atoms with Gasteiger partial charge in [0.2, 0.25) is 0 Å². The first kappa shape index (κ1) is 17.2. The number of benzene rings is 2. The van der Waals surface area contributed by atoms with Gasteiger partial charge in [-0.2, -0.15) is 0 Å². The summed E-state index contributed by atoms with van der Waals surface area (Å²) in [5, 5.41) is 11.7. The maximum absolute atomic E-state index is 11.7. The lowest BCUT2D eigenvalue weighted by atomic mass is 9.74. The smallest absolute Gasteiger partial charge is 0.118 e. The van der Waals surface area contributed by atoms with E-state index in [2.05, 4.69) is 4.98 Å². The van der Waals surface area contributed by atoms with Crippen LogP contribution in [0.2, 0.25) is 0 Å². The number of hydrogen-bond acceptors (Lipinski definition) is 3. The van der Waals surface area contributed by atoms with Crippen LogP contribution in [0.15, 0.2) is 79.0 Å².